The molecule has 3 heterocycles. The molecule has 1 aromatic carbocycles. The van der Waals surface area contributed by atoms with E-state index >= 15 is 0 Å². The van der Waals surface area contributed by atoms with Crippen LogP contribution in [-0.2, 0) is 17.0 Å². The predicted molar refractivity (Wildman–Crippen MR) is 123 cm³/mol. The first kappa shape index (κ1) is 23.4. The van der Waals surface area contributed by atoms with Crippen LogP contribution >= 0.6 is 11.8 Å². The molecule has 172 valence electrons. The Morgan fingerprint density at radius 2 is 1.97 bits per heavy atom. The van der Waals surface area contributed by atoms with Crippen LogP contribution in [-0.4, -0.2) is 32.3 Å². The monoisotopic (exact) mass is 481 g/mol. The maximum atomic E-state index is 12.5. The third-order valence-corrected chi connectivity index (χ3v) is 5.62. The Kier molecular flexibility index (Phi) is 7.18. The number of fused-ring (bicyclic) bond motifs is 1. The number of thioether (sulfide) groups is 1. The second kappa shape index (κ2) is 10.4. The lowest BCUT2D eigenvalue weighted by molar-refractivity contribution is -0.274. The van der Waals surface area contributed by atoms with Crippen LogP contribution in [0.3, 0.4) is 0 Å². The van der Waals surface area contributed by atoms with Gasteiger partial charge in [-0.3, -0.25) is 14.2 Å². The first-order chi connectivity index (χ1) is 16.4. The number of halogens is 3. The molecule has 4 aromatic rings. The molecule has 9 heteroatoms. The largest absolute Gasteiger partial charge is 0.573 e. The number of rotatable bonds is 7. The number of imidazole rings is 1. The van der Waals surface area contributed by atoms with Crippen LogP contribution in [0.2, 0.25) is 0 Å². The van der Waals surface area contributed by atoms with Gasteiger partial charge in [0.1, 0.15) is 22.9 Å². The zero-order valence-corrected chi connectivity index (χ0v) is 18.6. The molecule has 0 bridgehead atoms. The highest BCUT2D eigenvalue weighted by molar-refractivity contribution is 7.99. The number of carbonyl (C=O) groups is 1. The predicted octanol–water partition coefficient (Wildman–Crippen LogP) is 5.07. The van der Waals surface area contributed by atoms with Gasteiger partial charge in [0, 0.05) is 36.3 Å². The Hall–Kier alpha value is -3.77. The van der Waals surface area contributed by atoms with Gasteiger partial charge in [-0.1, -0.05) is 24.1 Å². The molecule has 0 atom stereocenters. The van der Waals surface area contributed by atoms with E-state index in [0.29, 0.717) is 40.5 Å². The van der Waals surface area contributed by atoms with Crippen molar-refractivity contribution in [2.75, 3.05) is 5.75 Å². The minimum absolute atomic E-state index is 0.0795. The van der Waals surface area contributed by atoms with E-state index in [1.54, 1.807) is 24.5 Å². The zero-order valence-electron chi connectivity index (χ0n) is 17.7. The van der Waals surface area contributed by atoms with Crippen molar-refractivity contribution in [3.63, 3.8) is 0 Å². The summed E-state index contributed by atoms with van der Waals surface area (Å²) in [5.41, 5.74) is 3.24. The highest BCUT2D eigenvalue weighted by Crippen LogP contribution is 2.23. The minimum Gasteiger partial charge on any atom is -0.406 e. The standard InChI is InChI=1S/C25H18F3N3O2S/c26-25(27,28)33-21-7-3-5-18(14-21)9-10-23-22(30-24-8-1-2-12-31(23)24)17-34-16-20(32)13-19-6-4-11-29-15-19/h1-8,11-12,14-15H,13,16-17H2. The second-order valence-corrected chi connectivity index (χ2v) is 8.22. The van der Waals surface area contributed by atoms with Crippen molar-refractivity contribution < 1.29 is 22.7 Å². The van der Waals surface area contributed by atoms with Gasteiger partial charge >= 0.3 is 6.36 Å². The van der Waals surface area contributed by atoms with Crippen molar-refractivity contribution in [1.29, 1.82) is 0 Å². The van der Waals surface area contributed by atoms with Crippen LogP contribution in [0.1, 0.15) is 22.5 Å². The van der Waals surface area contributed by atoms with E-state index in [4.69, 9.17) is 0 Å². The molecule has 0 aliphatic heterocycles. The average Bonchev–Trinajstić information content (AvgIpc) is 3.15. The molecule has 0 aliphatic rings. The lowest BCUT2D eigenvalue weighted by Gasteiger charge is -2.08. The molecule has 0 spiro atoms. The van der Waals surface area contributed by atoms with Crippen molar-refractivity contribution in [3.8, 4) is 17.6 Å². The first-order valence-corrected chi connectivity index (χ1v) is 11.3. The molecule has 5 nitrogen and oxygen atoms in total. The van der Waals surface area contributed by atoms with Crippen molar-refractivity contribution in [2.45, 2.75) is 18.5 Å². The smallest absolute Gasteiger partial charge is 0.406 e. The molecule has 3 aromatic heterocycles. The fraction of sp³-hybridized carbons (Fsp3) is 0.160. The number of ether oxygens (including phenoxy) is 1. The van der Waals surface area contributed by atoms with Gasteiger partial charge in [0.2, 0.25) is 0 Å². The van der Waals surface area contributed by atoms with E-state index in [-0.39, 0.29) is 11.5 Å². The van der Waals surface area contributed by atoms with E-state index in [9.17, 15) is 18.0 Å². The van der Waals surface area contributed by atoms with Crippen molar-refractivity contribution in [1.82, 2.24) is 14.4 Å². The third kappa shape index (κ3) is 6.39. The summed E-state index contributed by atoms with van der Waals surface area (Å²) in [6.07, 6.45) is 0.695. The van der Waals surface area contributed by atoms with Gasteiger partial charge in [0.25, 0.3) is 0 Å². The molecule has 34 heavy (non-hydrogen) atoms. The second-order valence-electron chi connectivity index (χ2n) is 7.23. The number of alkyl halides is 3. The fourth-order valence-corrected chi connectivity index (χ4v) is 4.05. The van der Waals surface area contributed by atoms with Gasteiger partial charge in [-0.05, 0) is 47.9 Å². The Balaban J connectivity index is 1.50. The maximum absolute atomic E-state index is 12.5. The molecule has 0 saturated heterocycles. The van der Waals surface area contributed by atoms with Crippen LogP contribution in [0.4, 0.5) is 13.2 Å². The minimum atomic E-state index is -4.77. The number of hydrogen-bond acceptors (Lipinski definition) is 5. The summed E-state index contributed by atoms with van der Waals surface area (Å²) in [6, 6.07) is 14.7. The molecule has 0 amide bonds. The Labute approximate surface area is 198 Å². The van der Waals surface area contributed by atoms with Crippen molar-refractivity contribution in [2.24, 2.45) is 0 Å². The van der Waals surface area contributed by atoms with E-state index < -0.39 is 6.36 Å². The third-order valence-electron chi connectivity index (χ3n) is 4.62. The van der Waals surface area contributed by atoms with Crippen molar-refractivity contribution in [3.05, 3.63) is 95.7 Å². The Morgan fingerprint density at radius 3 is 2.76 bits per heavy atom. The van der Waals surface area contributed by atoms with Gasteiger partial charge < -0.3 is 4.74 Å². The molecule has 0 radical (unpaired) electrons. The maximum Gasteiger partial charge on any atom is 0.573 e. The Morgan fingerprint density at radius 1 is 1.09 bits per heavy atom. The zero-order chi connectivity index (χ0) is 24.0. The van der Waals surface area contributed by atoms with Gasteiger partial charge in [-0.25, -0.2) is 4.98 Å². The van der Waals surface area contributed by atoms with Gasteiger partial charge in [-0.15, -0.1) is 24.9 Å². The fourth-order valence-electron chi connectivity index (χ4n) is 3.22. The average molecular weight is 481 g/mol. The van der Waals surface area contributed by atoms with E-state index in [1.165, 1.54) is 30.0 Å². The summed E-state index contributed by atoms with van der Waals surface area (Å²) in [6.45, 7) is 0. The number of ketones is 1. The lowest BCUT2D eigenvalue weighted by Crippen LogP contribution is -2.17. The molecule has 0 aliphatic carbocycles. The van der Waals surface area contributed by atoms with E-state index in [0.717, 1.165) is 5.56 Å². The van der Waals surface area contributed by atoms with Gasteiger partial charge in [0.15, 0.2) is 0 Å². The molecule has 0 unspecified atom stereocenters. The van der Waals surface area contributed by atoms with Gasteiger partial charge in [-0.2, -0.15) is 0 Å². The van der Waals surface area contributed by atoms with E-state index in [1.807, 2.05) is 34.9 Å². The first-order valence-electron chi connectivity index (χ1n) is 10.2. The highest BCUT2D eigenvalue weighted by Gasteiger charge is 2.31. The molecule has 4 rings (SSSR count). The number of benzene rings is 1. The molecule has 0 saturated carbocycles. The number of Topliss-reactive ketones (excluding diaryl/α,β-unsaturated/α-hetero) is 1. The quantitative estimate of drug-likeness (QED) is 0.345. The van der Waals surface area contributed by atoms with Crippen LogP contribution in [0.25, 0.3) is 5.65 Å². The number of aromatic nitrogens is 3. The summed E-state index contributed by atoms with van der Waals surface area (Å²) in [7, 11) is 0. The van der Waals surface area contributed by atoms with Crippen LogP contribution in [0.5, 0.6) is 5.75 Å². The topological polar surface area (TPSA) is 56.5 Å². The number of carbonyl (C=O) groups excluding carboxylic acids is 1. The summed E-state index contributed by atoms with van der Waals surface area (Å²) >= 11 is 1.44. The molecule has 0 N–H and O–H groups in total. The normalized spacial score (nSPS) is 11.1. The van der Waals surface area contributed by atoms with Crippen LogP contribution < -0.4 is 4.74 Å². The van der Waals surface area contributed by atoms with E-state index in [2.05, 4.69) is 26.5 Å². The SMILES string of the molecule is O=C(CSCc1nc2ccccn2c1C#Cc1cccc(OC(F)(F)F)c1)Cc1cccnc1. The number of pyridine rings is 2. The van der Waals surface area contributed by atoms with Crippen LogP contribution in [0.15, 0.2) is 73.2 Å². The number of hydrogen-bond donors (Lipinski definition) is 0. The van der Waals surface area contributed by atoms with Crippen LogP contribution in [0, 0.1) is 11.8 Å². The molecular weight excluding hydrogens is 463 g/mol. The summed E-state index contributed by atoms with van der Waals surface area (Å²) in [4.78, 5) is 20.9. The summed E-state index contributed by atoms with van der Waals surface area (Å²) in [5, 5.41) is 0. The highest BCUT2D eigenvalue weighted by atomic mass is 32.2. The molecule has 0 fully saturated rings. The summed E-state index contributed by atoms with van der Waals surface area (Å²) < 4.78 is 43.3. The molecular formula is C25H18F3N3O2S. The number of nitrogens with zero attached hydrogens (tertiary/aromatic N) is 3. The van der Waals surface area contributed by atoms with Crippen molar-refractivity contribution >= 4 is 23.2 Å². The summed E-state index contributed by atoms with van der Waals surface area (Å²) in [5.74, 6) is 6.44. The van der Waals surface area contributed by atoms with Gasteiger partial charge in [0.05, 0.1) is 11.4 Å². The Bertz CT molecular complexity index is 1360. The lowest BCUT2D eigenvalue weighted by atomic mass is 10.2.